The first-order valence-corrected chi connectivity index (χ1v) is 8.13. The molecule has 0 aliphatic heterocycles. The quantitative estimate of drug-likeness (QED) is 0.841. The normalized spacial score (nSPS) is 18.0. The summed E-state index contributed by atoms with van der Waals surface area (Å²) in [6, 6.07) is 3.13. The molecule has 1 saturated carbocycles. The van der Waals surface area contributed by atoms with Gasteiger partial charge >= 0.3 is 5.97 Å². The van der Waals surface area contributed by atoms with E-state index in [0.29, 0.717) is 17.9 Å². The standard InChI is InChI=1S/C17H24N2O4/c1-3-17(2,16(21)22)19-15(20)12-9-10-18-14(11-12)23-13-7-5-4-6-8-13/h9-11,13H,3-8H2,1-2H3,(H,19,20)(H,21,22). The lowest BCUT2D eigenvalue weighted by Crippen LogP contribution is -2.51. The lowest BCUT2D eigenvalue weighted by atomic mass is 9.98. The molecule has 0 spiro atoms. The van der Waals surface area contributed by atoms with E-state index in [-0.39, 0.29) is 6.10 Å². The van der Waals surface area contributed by atoms with E-state index in [9.17, 15) is 14.7 Å². The smallest absolute Gasteiger partial charge is 0.329 e. The number of pyridine rings is 1. The Morgan fingerprint density at radius 1 is 1.39 bits per heavy atom. The fourth-order valence-electron chi connectivity index (χ4n) is 2.58. The van der Waals surface area contributed by atoms with Gasteiger partial charge in [0.25, 0.3) is 5.91 Å². The van der Waals surface area contributed by atoms with Crippen molar-refractivity contribution < 1.29 is 19.4 Å². The van der Waals surface area contributed by atoms with Gasteiger partial charge in [-0.1, -0.05) is 13.3 Å². The second-order valence-corrected chi connectivity index (χ2v) is 6.21. The van der Waals surface area contributed by atoms with Crippen LogP contribution < -0.4 is 10.1 Å². The van der Waals surface area contributed by atoms with Crippen LogP contribution in [0.3, 0.4) is 0 Å². The van der Waals surface area contributed by atoms with Gasteiger partial charge in [0.15, 0.2) is 0 Å². The molecule has 1 heterocycles. The van der Waals surface area contributed by atoms with Gasteiger partial charge in [-0.3, -0.25) is 4.79 Å². The molecule has 0 saturated heterocycles. The molecule has 0 radical (unpaired) electrons. The number of carboxylic acid groups (broad SMARTS) is 1. The predicted molar refractivity (Wildman–Crippen MR) is 85.5 cm³/mol. The molecule has 6 heteroatoms. The topological polar surface area (TPSA) is 88.5 Å². The maximum Gasteiger partial charge on any atom is 0.329 e. The molecule has 1 aromatic heterocycles. The zero-order valence-electron chi connectivity index (χ0n) is 13.7. The highest BCUT2D eigenvalue weighted by Crippen LogP contribution is 2.22. The number of hydrogen-bond donors (Lipinski definition) is 2. The summed E-state index contributed by atoms with van der Waals surface area (Å²) in [5, 5.41) is 11.8. The third-order valence-corrected chi connectivity index (χ3v) is 4.41. The van der Waals surface area contributed by atoms with Crippen LogP contribution in [0.15, 0.2) is 18.3 Å². The molecule has 1 aliphatic rings. The predicted octanol–water partition coefficient (Wildman–Crippen LogP) is 2.78. The Morgan fingerprint density at radius 2 is 2.09 bits per heavy atom. The van der Waals surface area contributed by atoms with E-state index >= 15 is 0 Å². The summed E-state index contributed by atoms with van der Waals surface area (Å²) < 4.78 is 5.84. The molecule has 1 fully saturated rings. The minimum Gasteiger partial charge on any atom is -0.480 e. The van der Waals surface area contributed by atoms with Crippen LogP contribution in [0.2, 0.25) is 0 Å². The Hall–Kier alpha value is -2.11. The van der Waals surface area contributed by atoms with E-state index in [4.69, 9.17) is 4.74 Å². The fourth-order valence-corrected chi connectivity index (χ4v) is 2.58. The van der Waals surface area contributed by atoms with E-state index in [1.807, 2.05) is 0 Å². The van der Waals surface area contributed by atoms with Crippen LogP contribution >= 0.6 is 0 Å². The molecular formula is C17H24N2O4. The fraction of sp³-hybridized carbons (Fsp3) is 0.588. The molecular weight excluding hydrogens is 296 g/mol. The molecule has 1 atom stereocenters. The molecule has 2 N–H and O–H groups in total. The SMILES string of the molecule is CCC(C)(NC(=O)c1ccnc(OC2CCCCC2)c1)C(=O)O. The van der Waals surface area contributed by atoms with Gasteiger partial charge in [0.05, 0.1) is 0 Å². The maximum absolute atomic E-state index is 12.3. The second-order valence-electron chi connectivity index (χ2n) is 6.21. The molecule has 0 aromatic carbocycles. The number of aliphatic carboxylic acids is 1. The average molecular weight is 320 g/mol. The van der Waals surface area contributed by atoms with Crippen LogP contribution in [0, 0.1) is 0 Å². The van der Waals surface area contributed by atoms with Crippen LogP contribution in [-0.4, -0.2) is 33.6 Å². The van der Waals surface area contributed by atoms with Crippen molar-refractivity contribution in [2.45, 2.75) is 64.0 Å². The first-order valence-electron chi connectivity index (χ1n) is 8.13. The Kier molecular flexibility index (Phi) is 5.58. The second kappa shape index (κ2) is 7.44. The third kappa shape index (κ3) is 4.43. The summed E-state index contributed by atoms with van der Waals surface area (Å²) in [7, 11) is 0. The van der Waals surface area contributed by atoms with E-state index in [1.54, 1.807) is 19.1 Å². The number of nitrogens with one attached hydrogen (secondary N) is 1. The molecule has 1 aromatic rings. The zero-order chi connectivity index (χ0) is 16.9. The number of rotatable bonds is 6. The maximum atomic E-state index is 12.3. The Bertz CT molecular complexity index is 569. The number of aromatic nitrogens is 1. The van der Waals surface area contributed by atoms with Crippen molar-refractivity contribution in [3.8, 4) is 5.88 Å². The van der Waals surface area contributed by atoms with Gasteiger partial charge in [0, 0.05) is 17.8 Å². The number of carbonyl (C=O) groups excluding carboxylic acids is 1. The van der Waals surface area contributed by atoms with Crippen LogP contribution in [0.5, 0.6) is 5.88 Å². The highest BCUT2D eigenvalue weighted by atomic mass is 16.5. The van der Waals surface area contributed by atoms with Crippen molar-refractivity contribution in [2.24, 2.45) is 0 Å². The number of ether oxygens (including phenoxy) is 1. The van der Waals surface area contributed by atoms with E-state index < -0.39 is 17.4 Å². The Balaban J connectivity index is 2.06. The van der Waals surface area contributed by atoms with Crippen LogP contribution in [0.1, 0.15) is 62.7 Å². The number of carboxylic acids is 1. The van der Waals surface area contributed by atoms with Gasteiger partial charge in [-0.05, 0) is 45.1 Å². The molecule has 1 aliphatic carbocycles. The van der Waals surface area contributed by atoms with Crippen molar-refractivity contribution in [1.29, 1.82) is 0 Å². The molecule has 1 unspecified atom stereocenters. The molecule has 23 heavy (non-hydrogen) atoms. The van der Waals surface area contributed by atoms with E-state index in [0.717, 1.165) is 25.7 Å². The minimum atomic E-state index is -1.29. The van der Waals surface area contributed by atoms with E-state index in [1.165, 1.54) is 19.5 Å². The van der Waals surface area contributed by atoms with Crippen molar-refractivity contribution in [3.05, 3.63) is 23.9 Å². The Morgan fingerprint density at radius 3 is 2.70 bits per heavy atom. The average Bonchev–Trinajstić information content (AvgIpc) is 2.55. The monoisotopic (exact) mass is 320 g/mol. The van der Waals surface area contributed by atoms with Gasteiger partial charge in [-0.15, -0.1) is 0 Å². The summed E-state index contributed by atoms with van der Waals surface area (Å²) in [6.07, 6.45) is 7.50. The first-order chi connectivity index (χ1) is 10.9. The summed E-state index contributed by atoms with van der Waals surface area (Å²) in [5.74, 6) is -1.08. The van der Waals surface area contributed by atoms with Gasteiger partial charge < -0.3 is 15.2 Å². The number of carbonyl (C=O) groups is 2. The van der Waals surface area contributed by atoms with Crippen LogP contribution in [-0.2, 0) is 4.79 Å². The molecule has 2 rings (SSSR count). The van der Waals surface area contributed by atoms with Crippen molar-refractivity contribution in [3.63, 3.8) is 0 Å². The van der Waals surface area contributed by atoms with Crippen molar-refractivity contribution in [1.82, 2.24) is 10.3 Å². The Labute approximate surface area is 136 Å². The largest absolute Gasteiger partial charge is 0.480 e. The highest BCUT2D eigenvalue weighted by Gasteiger charge is 2.33. The first kappa shape index (κ1) is 17.2. The number of hydrogen-bond acceptors (Lipinski definition) is 4. The lowest BCUT2D eigenvalue weighted by Gasteiger charge is -2.25. The molecule has 126 valence electrons. The molecule has 0 bridgehead atoms. The molecule has 1 amide bonds. The van der Waals surface area contributed by atoms with Crippen LogP contribution in [0.4, 0.5) is 0 Å². The summed E-state index contributed by atoms with van der Waals surface area (Å²) in [6.45, 7) is 3.21. The van der Waals surface area contributed by atoms with Crippen molar-refractivity contribution >= 4 is 11.9 Å². The highest BCUT2D eigenvalue weighted by molar-refractivity contribution is 5.97. The molecule has 6 nitrogen and oxygen atoms in total. The zero-order valence-corrected chi connectivity index (χ0v) is 13.7. The van der Waals surface area contributed by atoms with Gasteiger partial charge in [-0.2, -0.15) is 0 Å². The summed E-state index contributed by atoms with van der Waals surface area (Å²) >= 11 is 0. The van der Waals surface area contributed by atoms with Crippen molar-refractivity contribution in [2.75, 3.05) is 0 Å². The van der Waals surface area contributed by atoms with Gasteiger partial charge in [0.2, 0.25) is 5.88 Å². The number of amides is 1. The van der Waals surface area contributed by atoms with Gasteiger partial charge in [0.1, 0.15) is 11.6 Å². The lowest BCUT2D eigenvalue weighted by molar-refractivity contribution is -0.143. The summed E-state index contributed by atoms with van der Waals surface area (Å²) in [4.78, 5) is 27.8. The van der Waals surface area contributed by atoms with Crippen LogP contribution in [0.25, 0.3) is 0 Å². The summed E-state index contributed by atoms with van der Waals surface area (Å²) in [5.41, 5.74) is -0.934. The minimum absolute atomic E-state index is 0.148. The van der Waals surface area contributed by atoms with E-state index in [2.05, 4.69) is 10.3 Å². The third-order valence-electron chi connectivity index (χ3n) is 4.41. The number of nitrogens with zero attached hydrogens (tertiary/aromatic N) is 1. The van der Waals surface area contributed by atoms with Gasteiger partial charge in [-0.25, -0.2) is 9.78 Å².